The summed E-state index contributed by atoms with van der Waals surface area (Å²) in [5.41, 5.74) is 4.05. The summed E-state index contributed by atoms with van der Waals surface area (Å²) in [4.78, 5) is 15.3. The Hall–Kier alpha value is -2.56. The van der Waals surface area contributed by atoms with Gasteiger partial charge in [-0.3, -0.25) is 4.79 Å². The molecule has 1 heterocycles. The van der Waals surface area contributed by atoms with Crippen molar-refractivity contribution in [2.24, 2.45) is 0 Å². The highest BCUT2D eigenvalue weighted by Gasteiger charge is 2.12. The van der Waals surface area contributed by atoms with Gasteiger partial charge in [0.15, 0.2) is 4.84 Å². The molecule has 0 fully saturated rings. The zero-order chi connectivity index (χ0) is 18.5. The molecule has 0 atom stereocenters. The summed E-state index contributed by atoms with van der Waals surface area (Å²) in [5, 5.41) is 2.67. The molecule has 0 saturated heterocycles. The average molecular weight is 387 g/mol. The van der Waals surface area contributed by atoms with Gasteiger partial charge in [0.05, 0.1) is 18.5 Å². The first-order chi connectivity index (χ1) is 12.6. The lowest BCUT2D eigenvalue weighted by atomic mass is 10.1. The number of methoxy groups -OCH3 is 1. The van der Waals surface area contributed by atoms with Crippen molar-refractivity contribution in [2.45, 2.75) is 4.84 Å². The molecule has 1 N–H and O–H groups in total. The Morgan fingerprint density at radius 2 is 1.58 bits per heavy atom. The fourth-order valence-corrected chi connectivity index (χ4v) is 2.60. The lowest BCUT2D eigenvalue weighted by Crippen LogP contribution is -2.18. The second kappa shape index (κ2) is 8.21. The fourth-order valence-electron chi connectivity index (χ4n) is 2.49. The molecule has 0 aliphatic rings. The molecule has 0 unspecified atom stereocenters. The molecule has 0 aliphatic carbocycles. The molecule has 0 saturated carbocycles. The standard InChI is InChI=1S/C20H16Cl2N2O2/c1-26-16-8-3-6-14(12-16)18-10-4-9-17(24-18)13-5-2-7-15(11-13)23-20(25)19(21)22/h2-12,19H,1H3,(H,23,25). The molecule has 3 aromatic rings. The summed E-state index contributed by atoms with van der Waals surface area (Å²) in [7, 11) is 1.63. The van der Waals surface area contributed by atoms with Crippen molar-refractivity contribution in [2.75, 3.05) is 12.4 Å². The average Bonchev–Trinajstić information content (AvgIpc) is 2.68. The van der Waals surface area contributed by atoms with Gasteiger partial charge in [0.1, 0.15) is 5.75 Å². The van der Waals surface area contributed by atoms with Crippen molar-refractivity contribution in [3.8, 4) is 28.3 Å². The number of amides is 1. The second-order valence-electron chi connectivity index (χ2n) is 5.51. The maximum absolute atomic E-state index is 11.7. The van der Waals surface area contributed by atoms with Crippen LogP contribution in [0.25, 0.3) is 22.5 Å². The van der Waals surface area contributed by atoms with Gasteiger partial charge in [-0.2, -0.15) is 0 Å². The molecule has 0 radical (unpaired) electrons. The smallest absolute Gasteiger partial charge is 0.257 e. The van der Waals surface area contributed by atoms with Crippen LogP contribution in [0.5, 0.6) is 5.75 Å². The number of benzene rings is 2. The molecule has 1 aromatic heterocycles. The Kier molecular flexibility index (Phi) is 5.76. The third kappa shape index (κ3) is 4.34. The third-order valence-electron chi connectivity index (χ3n) is 3.74. The summed E-state index contributed by atoms with van der Waals surface area (Å²) in [5.74, 6) is 0.305. The van der Waals surface area contributed by atoms with Crippen LogP contribution in [0.15, 0.2) is 66.7 Å². The Bertz CT molecular complexity index is 929. The molecule has 26 heavy (non-hydrogen) atoms. The van der Waals surface area contributed by atoms with Crippen LogP contribution in [0.2, 0.25) is 0 Å². The van der Waals surface area contributed by atoms with E-state index >= 15 is 0 Å². The van der Waals surface area contributed by atoms with E-state index in [1.807, 2.05) is 60.7 Å². The maximum Gasteiger partial charge on any atom is 0.257 e. The van der Waals surface area contributed by atoms with Crippen LogP contribution in [0.4, 0.5) is 5.69 Å². The van der Waals surface area contributed by atoms with Crippen molar-refractivity contribution in [1.82, 2.24) is 4.98 Å². The highest BCUT2D eigenvalue weighted by Crippen LogP contribution is 2.26. The van der Waals surface area contributed by atoms with Crippen LogP contribution in [-0.4, -0.2) is 22.8 Å². The van der Waals surface area contributed by atoms with E-state index in [9.17, 15) is 4.79 Å². The number of hydrogen-bond acceptors (Lipinski definition) is 3. The number of carbonyl (C=O) groups is 1. The summed E-state index contributed by atoms with van der Waals surface area (Å²) in [6.07, 6.45) is 0. The van der Waals surface area contributed by atoms with Crippen molar-refractivity contribution in [1.29, 1.82) is 0 Å². The summed E-state index contributed by atoms with van der Waals surface area (Å²) in [6.45, 7) is 0. The number of hydrogen-bond donors (Lipinski definition) is 1. The monoisotopic (exact) mass is 386 g/mol. The third-order valence-corrected chi connectivity index (χ3v) is 4.14. The Labute approximate surface area is 161 Å². The number of aromatic nitrogens is 1. The van der Waals surface area contributed by atoms with E-state index in [2.05, 4.69) is 5.32 Å². The van der Waals surface area contributed by atoms with E-state index in [0.29, 0.717) is 5.69 Å². The molecule has 0 bridgehead atoms. The molecular weight excluding hydrogens is 371 g/mol. The summed E-state index contributed by atoms with van der Waals surface area (Å²) < 4.78 is 5.27. The highest BCUT2D eigenvalue weighted by molar-refractivity contribution is 6.54. The first-order valence-corrected chi connectivity index (χ1v) is 8.75. The van der Waals surface area contributed by atoms with Gasteiger partial charge >= 0.3 is 0 Å². The second-order valence-corrected chi connectivity index (χ2v) is 6.61. The molecule has 4 nitrogen and oxygen atoms in total. The van der Waals surface area contributed by atoms with Gasteiger partial charge < -0.3 is 10.1 Å². The molecule has 3 rings (SSSR count). The van der Waals surface area contributed by atoms with Gasteiger partial charge in [-0.05, 0) is 36.4 Å². The van der Waals surface area contributed by atoms with Crippen LogP contribution in [-0.2, 0) is 4.79 Å². The fraction of sp³-hybridized carbons (Fsp3) is 0.100. The predicted molar refractivity (Wildman–Crippen MR) is 106 cm³/mol. The summed E-state index contributed by atoms with van der Waals surface area (Å²) in [6, 6.07) is 20.9. The number of carbonyl (C=O) groups excluding carboxylic acids is 1. The van der Waals surface area contributed by atoms with Crippen LogP contribution >= 0.6 is 23.2 Å². The SMILES string of the molecule is COc1cccc(-c2cccc(-c3cccc(NC(=O)C(Cl)Cl)c3)n2)c1. The van der Waals surface area contributed by atoms with E-state index in [-0.39, 0.29) is 0 Å². The van der Waals surface area contributed by atoms with Crippen LogP contribution in [0.3, 0.4) is 0 Å². The van der Waals surface area contributed by atoms with Gasteiger partial charge in [-0.25, -0.2) is 4.98 Å². The predicted octanol–water partition coefficient (Wildman–Crippen LogP) is 5.17. The molecule has 1 amide bonds. The lowest BCUT2D eigenvalue weighted by Gasteiger charge is -2.09. The Balaban J connectivity index is 1.92. The normalized spacial score (nSPS) is 10.6. The number of anilines is 1. The van der Waals surface area contributed by atoms with E-state index in [0.717, 1.165) is 28.3 Å². The van der Waals surface area contributed by atoms with Crippen molar-refractivity contribution < 1.29 is 9.53 Å². The van der Waals surface area contributed by atoms with E-state index in [1.165, 1.54) is 0 Å². The maximum atomic E-state index is 11.7. The number of halogens is 2. The van der Waals surface area contributed by atoms with Crippen LogP contribution < -0.4 is 10.1 Å². The largest absolute Gasteiger partial charge is 0.497 e. The molecule has 0 aliphatic heterocycles. The van der Waals surface area contributed by atoms with Gasteiger partial charge in [0.2, 0.25) is 0 Å². The zero-order valence-electron chi connectivity index (χ0n) is 13.9. The molecule has 132 valence electrons. The van der Waals surface area contributed by atoms with E-state index < -0.39 is 10.7 Å². The summed E-state index contributed by atoms with van der Waals surface area (Å²) >= 11 is 11.2. The number of nitrogens with zero attached hydrogens (tertiary/aromatic N) is 1. The van der Waals surface area contributed by atoms with Crippen LogP contribution in [0, 0.1) is 0 Å². The first-order valence-electron chi connectivity index (χ1n) is 7.88. The molecule has 6 heteroatoms. The highest BCUT2D eigenvalue weighted by atomic mass is 35.5. The van der Waals surface area contributed by atoms with Gasteiger partial charge in [-0.1, -0.05) is 53.5 Å². The lowest BCUT2D eigenvalue weighted by molar-refractivity contribution is -0.114. The van der Waals surface area contributed by atoms with Gasteiger partial charge in [0, 0.05) is 16.8 Å². The number of nitrogens with one attached hydrogen (secondary N) is 1. The molecule has 0 spiro atoms. The molecule has 2 aromatic carbocycles. The van der Waals surface area contributed by atoms with E-state index in [1.54, 1.807) is 13.2 Å². The minimum atomic E-state index is -1.12. The topological polar surface area (TPSA) is 51.2 Å². The first kappa shape index (κ1) is 18.2. The number of rotatable bonds is 5. The van der Waals surface area contributed by atoms with E-state index in [4.69, 9.17) is 32.9 Å². The van der Waals surface area contributed by atoms with Crippen molar-refractivity contribution in [3.63, 3.8) is 0 Å². The number of ether oxygens (including phenoxy) is 1. The molecular formula is C20H16Cl2N2O2. The van der Waals surface area contributed by atoms with Gasteiger partial charge in [-0.15, -0.1) is 0 Å². The Morgan fingerprint density at radius 3 is 2.23 bits per heavy atom. The van der Waals surface area contributed by atoms with Crippen molar-refractivity contribution in [3.05, 3.63) is 66.7 Å². The number of alkyl halides is 2. The minimum absolute atomic E-state index is 0.469. The number of pyridine rings is 1. The quantitative estimate of drug-likeness (QED) is 0.615. The van der Waals surface area contributed by atoms with Crippen LogP contribution in [0.1, 0.15) is 0 Å². The zero-order valence-corrected chi connectivity index (χ0v) is 15.5. The van der Waals surface area contributed by atoms with Gasteiger partial charge in [0.25, 0.3) is 5.91 Å². The Morgan fingerprint density at radius 1 is 0.962 bits per heavy atom. The minimum Gasteiger partial charge on any atom is -0.497 e. The van der Waals surface area contributed by atoms with Crippen molar-refractivity contribution >= 4 is 34.8 Å².